The lowest BCUT2D eigenvalue weighted by atomic mass is 10.2. The summed E-state index contributed by atoms with van der Waals surface area (Å²) in [6.45, 7) is 2.49. The predicted molar refractivity (Wildman–Crippen MR) is 108 cm³/mol. The van der Waals surface area contributed by atoms with Crippen LogP contribution in [0.25, 0.3) is 0 Å². The van der Waals surface area contributed by atoms with Gasteiger partial charge in [-0.3, -0.25) is 0 Å². The van der Waals surface area contributed by atoms with Gasteiger partial charge >= 0.3 is 0 Å². The monoisotopic (exact) mass is 384 g/mol. The van der Waals surface area contributed by atoms with Crippen LogP contribution in [0.3, 0.4) is 0 Å². The van der Waals surface area contributed by atoms with Crippen LogP contribution in [-0.4, -0.2) is 24.2 Å². The van der Waals surface area contributed by atoms with Crippen LogP contribution in [0.1, 0.15) is 11.3 Å². The molecule has 0 saturated carbocycles. The first kappa shape index (κ1) is 18.8. The number of nitrogens with zero attached hydrogens (tertiary/aromatic N) is 2. The number of halogens is 1. The highest BCUT2D eigenvalue weighted by Crippen LogP contribution is 2.31. The van der Waals surface area contributed by atoms with E-state index in [1.54, 1.807) is 20.3 Å². The van der Waals surface area contributed by atoms with Gasteiger partial charge in [0.1, 0.15) is 17.3 Å². The van der Waals surface area contributed by atoms with Crippen molar-refractivity contribution in [2.75, 3.05) is 24.9 Å². The molecule has 0 amide bonds. The summed E-state index contributed by atoms with van der Waals surface area (Å²) < 4.78 is 10.6. The second kappa shape index (κ2) is 8.60. The maximum atomic E-state index is 6.21. The summed E-state index contributed by atoms with van der Waals surface area (Å²) in [5.41, 5.74) is 2.59. The molecule has 0 atom stereocenters. The van der Waals surface area contributed by atoms with E-state index < -0.39 is 0 Å². The molecule has 140 valence electrons. The number of hydrogen-bond acceptors (Lipinski definition) is 6. The van der Waals surface area contributed by atoms with E-state index in [-0.39, 0.29) is 0 Å². The molecule has 2 N–H and O–H groups in total. The second-order valence-electron chi connectivity index (χ2n) is 5.85. The lowest BCUT2D eigenvalue weighted by Gasteiger charge is -2.13. The summed E-state index contributed by atoms with van der Waals surface area (Å²) >= 11 is 6.21. The smallest absolute Gasteiger partial charge is 0.229 e. The Balaban J connectivity index is 1.78. The zero-order valence-corrected chi connectivity index (χ0v) is 16.2. The van der Waals surface area contributed by atoms with Crippen LogP contribution in [0.2, 0.25) is 5.02 Å². The minimum Gasteiger partial charge on any atom is -0.497 e. The molecular formula is C20H21ClN4O2. The highest BCUT2D eigenvalue weighted by atomic mass is 35.5. The van der Waals surface area contributed by atoms with E-state index in [1.807, 2.05) is 49.4 Å². The number of rotatable bonds is 7. The Hall–Kier alpha value is -2.99. The summed E-state index contributed by atoms with van der Waals surface area (Å²) in [4.78, 5) is 8.97. The molecule has 7 heteroatoms. The summed E-state index contributed by atoms with van der Waals surface area (Å²) in [6.07, 6.45) is 0. The van der Waals surface area contributed by atoms with Crippen LogP contribution < -0.4 is 20.1 Å². The van der Waals surface area contributed by atoms with Crippen molar-refractivity contribution in [1.29, 1.82) is 0 Å². The highest BCUT2D eigenvalue weighted by molar-refractivity contribution is 6.31. The minimum atomic E-state index is 0.472. The first-order valence-corrected chi connectivity index (χ1v) is 8.79. The third kappa shape index (κ3) is 4.80. The lowest BCUT2D eigenvalue weighted by Crippen LogP contribution is -2.06. The number of aryl methyl sites for hydroxylation is 1. The Morgan fingerprint density at radius 2 is 1.81 bits per heavy atom. The molecule has 0 aliphatic heterocycles. The summed E-state index contributed by atoms with van der Waals surface area (Å²) in [6, 6.07) is 15.1. The molecular weight excluding hydrogens is 364 g/mol. The molecule has 0 fully saturated rings. The molecule has 0 aliphatic carbocycles. The third-order valence-corrected chi connectivity index (χ3v) is 4.30. The van der Waals surface area contributed by atoms with Crippen LogP contribution in [0.15, 0.2) is 48.5 Å². The number of methoxy groups -OCH3 is 2. The molecule has 0 radical (unpaired) electrons. The van der Waals surface area contributed by atoms with Gasteiger partial charge in [-0.2, -0.15) is 4.98 Å². The van der Waals surface area contributed by atoms with E-state index in [9.17, 15) is 0 Å². The van der Waals surface area contributed by atoms with Gasteiger partial charge in [-0.1, -0.05) is 29.8 Å². The molecule has 3 aromatic rings. The van der Waals surface area contributed by atoms with E-state index in [1.165, 1.54) is 0 Å². The number of anilines is 3. The molecule has 6 nitrogen and oxygen atoms in total. The van der Waals surface area contributed by atoms with Gasteiger partial charge in [-0.05, 0) is 30.7 Å². The van der Waals surface area contributed by atoms with E-state index in [0.29, 0.717) is 29.8 Å². The fourth-order valence-corrected chi connectivity index (χ4v) is 2.77. The molecule has 0 spiro atoms. The van der Waals surface area contributed by atoms with E-state index >= 15 is 0 Å². The van der Waals surface area contributed by atoms with Crippen molar-refractivity contribution in [3.8, 4) is 11.5 Å². The van der Waals surface area contributed by atoms with E-state index in [4.69, 9.17) is 21.1 Å². The van der Waals surface area contributed by atoms with Crippen LogP contribution in [0, 0.1) is 6.92 Å². The van der Waals surface area contributed by atoms with E-state index in [0.717, 1.165) is 22.0 Å². The molecule has 0 unspecified atom stereocenters. The normalized spacial score (nSPS) is 10.4. The van der Waals surface area contributed by atoms with Gasteiger partial charge in [-0.15, -0.1) is 0 Å². The fraction of sp³-hybridized carbons (Fsp3) is 0.200. The van der Waals surface area contributed by atoms with Crippen molar-refractivity contribution in [3.05, 3.63) is 64.8 Å². The number of aromatic nitrogens is 2. The number of ether oxygens (including phenoxy) is 2. The average molecular weight is 385 g/mol. The zero-order valence-electron chi connectivity index (χ0n) is 15.4. The predicted octanol–water partition coefficient (Wildman–Crippen LogP) is 4.81. The van der Waals surface area contributed by atoms with E-state index in [2.05, 4.69) is 20.6 Å². The van der Waals surface area contributed by atoms with Gasteiger partial charge in [0.2, 0.25) is 5.95 Å². The first-order chi connectivity index (χ1) is 13.1. The van der Waals surface area contributed by atoms with Crippen molar-refractivity contribution in [1.82, 2.24) is 9.97 Å². The Morgan fingerprint density at radius 3 is 2.56 bits per heavy atom. The first-order valence-electron chi connectivity index (χ1n) is 8.41. The van der Waals surface area contributed by atoms with Crippen LogP contribution in [0.5, 0.6) is 11.5 Å². The fourth-order valence-electron chi connectivity index (χ4n) is 2.56. The quantitative estimate of drug-likeness (QED) is 0.609. The number of benzene rings is 2. The summed E-state index contributed by atoms with van der Waals surface area (Å²) in [7, 11) is 3.22. The Morgan fingerprint density at radius 1 is 1.00 bits per heavy atom. The van der Waals surface area contributed by atoms with Crippen molar-refractivity contribution >= 4 is 29.1 Å². The van der Waals surface area contributed by atoms with Gasteiger partial charge in [0.25, 0.3) is 0 Å². The molecule has 0 saturated heterocycles. The Kier molecular flexibility index (Phi) is 5.98. The Bertz CT molecular complexity index is 934. The highest BCUT2D eigenvalue weighted by Gasteiger charge is 2.09. The van der Waals surface area contributed by atoms with Gasteiger partial charge < -0.3 is 20.1 Å². The number of nitrogens with one attached hydrogen (secondary N) is 2. The largest absolute Gasteiger partial charge is 0.497 e. The molecule has 1 heterocycles. The van der Waals surface area contributed by atoms with Gasteiger partial charge in [0, 0.05) is 29.4 Å². The molecule has 2 aromatic carbocycles. The number of hydrogen-bond donors (Lipinski definition) is 2. The van der Waals surface area contributed by atoms with Gasteiger partial charge in [0.05, 0.1) is 19.9 Å². The van der Waals surface area contributed by atoms with Crippen LogP contribution in [0.4, 0.5) is 17.5 Å². The van der Waals surface area contributed by atoms with Gasteiger partial charge in [-0.25, -0.2) is 4.98 Å². The molecule has 0 aliphatic rings. The molecule has 3 rings (SSSR count). The van der Waals surface area contributed by atoms with Gasteiger partial charge in [0.15, 0.2) is 0 Å². The lowest BCUT2D eigenvalue weighted by molar-refractivity contribution is 0.395. The molecule has 27 heavy (non-hydrogen) atoms. The summed E-state index contributed by atoms with van der Waals surface area (Å²) in [5.74, 6) is 2.53. The van der Waals surface area contributed by atoms with Crippen molar-refractivity contribution in [2.24, 2.45) is 0 Å². The molecule has 0 bridgehead atoms. The maximum absolute atomic E-state index is 6.21. The van der Waals surface area contributed by atoms with Crippen molar-refractivity contribution < 1.29 is 9.47 Å². The second-order valence-corrected chi connectivity index (χ2v) is 6.26. The van der Waals surface area contributed by atoms with Crippen LogP contribution in [-0.2, 0) is 6.54 Å². The topological polar surface area (TPSA) is 68.3 Å². The summed E-state index contributed by atoms with van der Waals surface area (Å²) in [5, 5.41) is 7.21. The third-order valence-electron chi connectivity index (χ3n) is 3.93. The molecule has 1 aromatic heterocycles. The zero-order chi connectivity index (χ0) is 19.2. The SMILES string of the molecule is COc1ccc(Nc2nc(C)cc(NCc3ccccc3Cl)n2)c(OC)c1. The average Bonchev–Trinajstić information content (AvgIpc) is 2.67. The minimum absolute atomic E-state index is 0.472. The van der Waals surface area contributed by atoms with Crippen LogP contribution >= 0.6 is 11.6 Å². The van der Waals surface area contributed by atoms with Crippen molar-refractivity contribution in [3.63, 3.8) is 0 Å². The van der Waals surface area contributed by atoms with Crippen molar-refractivity contribution in [2.45, 2.75) is 13.5 Å². The standard InChI is InChI=1S/C20H21ClN4O2/c1-13-10-19(22-12-14-6-4-5-7-16(14)21)25-20(23-13)24-17-9-8-15(26-2)11-18(17)27-3/h4-11H,12H2,1-3H3,(H2,22,23,24,25). The maximum Gasteiger partial charge on any atom is 0.229 e. The Labute approximate surface area is 163 Å².